The van der Waals surface area contributed by atoms with Gasteiger partial charge in [0.15, 0.2) is 0 Å². The molecule has 1 N–H and O–H groups in total. The zero-order valence-corrected chi connectivity index (χ0v) is 12.3. The van der Waals surface area contributed by atoms with Gasteiger partial charge in [-0.25, -0.2) is 0 Å². The Morgan fingerprint density at radius 3 is 2.60 bits per heavy atom. The number of thioether (sulfide) groups is 1. The summed E-state index contributed by atoms with van der Waals surface area (Å²) in [5, 5.41) is 9.45. The second-order valence-corrected chi connectivity index (χ2v) is 6.86. The van der Waals surface area contributed by atoms with Crippen molar-refractivity contribution in [3.05, 3.63) is 29.8 Å². The van der Waals surface area contributed by atoms with E-state index in [1.807, 2.05) is 16.7 Å². The summed E-state index contributed by atoms with van der Waals surface area (Å²) in [6.45, 7) is 5.01. The van der Waals surface area contributed by atoms with Gasteiger partial charge in [0.05, 0.1) is 6.54 Å². The Labute approximate surface area is 123 Å². The molecule has 0 aliphatic carbocycles. The Balaban J connectivity index is 1.46. The molecule has 0 radical (unpaired) electrons. The van der Waals surface area contributed by atoms with Crippen LogP contribution in [0, 0.1) is 0 Å². The van der Waals surface area contributed by atoms with Crippen LogP contribution in [0.25, 0.3) is 0 Å². The van der Waals surface area contributed by atoms with Gasteiger partial charge < -0.3 is 5.11 Å². The van der Waals surface area contributed by atoms with E-state index in [0.717, 1.165) is 39.1 Å². The lowest BCUT2D eigenvalue weighted by Gasteiger charge is -2.34. The minimum atomic E-state index is -0.722. The zero-order chi connectivity index (χ0) is 13.9. The van der Waals surface area contributed by atoms with E-state index in [1.54, 1.807) is 0 Å². The average Bonchev–Trinajstić information content (AvgIpc) is 2.82. The van der Waals surface area contributed by atoms with E-state index in [2.05, 4.69) is 29.2 Å². The fraction of sp³-hybridized carbons (Fsp3) is 0.533. The summed E-state index contributed by atoms with van der Waals surface area (Å²) in [4.78, 5) is 16.6. The van der Waals surface area contributed by atoms with Gasteiger partial charge in [0.2, 0.25) is 0 Å². The number of carbonyl (C=O) groups is 1. The van der Waals surface area contributed by atoms with Crippen LogP contribution in [0.15, 0.2) is 29.2 Å². The first-order valence-electron chi connectivity index (χ1n) is 7.12. The molecule has 1 aromatic carbocycles. The molecule has 2 aliphatic rings. The summed E-state index contributed by atoms with van der Waals surface area (Å²) in [5.74, 6) is -0.722. The molecule has 2 heterocycles. The van der Waals surface area contributed by atoms with Crippen molar-refractivity contribution in [1.82, 2.24) is 9.80 Å². The van der Waals surface area contributed by atoms with E-state index in [4.69, 9.17) is 5.11 Å². The van der Waals surface area contributed by atoms with Gasteiger partial charge in [-0.2, -0.15) is 0 Å². The maximum absolute atomic E-state index is 10.7. The van der Waals surface area contributed by atoms with Gasteiger partial charge in [-0.15, -0.1) is 11.8 Å². The standard InChI is InChI=1S/C15H20N2O2S/c18-15(19)11-17-7-5-16(6-8-17)10-13-9-12-3-1-2-4-14(12)20-13/h1-4,13H,5-11H2,(H,18,19). The number of carboxylic acid groups (broad SMARTS) is 1. The molecule has 0 saturated carbocycles. The molecule has 2 aliphatic heterocycles. The summed E-state index contributed by atoms with van der Waals surface area (Å²) in [6.07, 6.45) is 1.16. The normalized spacial score (nSPS) is 23.7. The van der Waals surface area contributed by atoms with Crippen molar-refractivity contribution < 1.29 is 9.90 Å². The number of carboxylic acids is 1. The predicted octanol–water partition coefficient (Wildman–Crippen LogP) is 1.41. The third kappa shape index (κ3) is 3.34. The van der Waals surface area contributed by atoms with Gasteiger partial charge in [0.1, 0.15) is 0 Å². The Kier molecular flexibility index (Phi) is 4.29. The molecule has 1 atom stereocenters. The minimum absolute atomic E-state index is 0.178. The van der Waals surface area contributed by atoms with Crippen LogP contribution >= 0.6 is 11.8 Å². The SMILES string of the molecule is O=C(O)CN1CCN(CC2Cc3ccccc3S2)CC1. The molecule has 3 rings (SSSR count). The fourth-order valence-electron chi connectivity index (χ4n) is 2.97. The van der Waals surface area contributed by atoms with Gasteiger partial charge in [0, 0.05) is 42.9 Å². The number of benzene rings is 1. The van der Waals surface area contributed by atoms with E-state index in [0.29, 0.717) is 5.25 Å². The first-order valence-corrected chi connectivity index (χ1v) is 8.00. The third-order valence-electron chi connectivity index (χ3n) is 4.00. The quantitative estimate of drug-likeness (QED) is 0.909. The molecule has 1 aromatic rings. The molecule has 0 bridgehead atoms. The van der Waals surface area contributed by atoms with Crippen LogP contribution in [0.5, 0.6) is 0 Å². The average molecular weight is 292 g/mol. The van der Waals surface area contributed by atoms with Crippen LogP contribution in [-0.4, -0.2) is 65.4 Å². The lowest BCUT2D eigenvalue weighted by molar-refractivity contribution is -0.138. The summed E-state index contributed by atoms with van der Waals surface area (Å²) < 4.78 is 0. The van der Waals surface area contributed by atoms with Gasteiger partial charge in [-0.3, -0.25) is 14.6 Å². The number of nitrogens with zero attached hydrogens (tertiary/aromatic N) is 2. The largest absolute Gasteiger partial charge is 0.480 e. The lowest BCUT2D eigenvalue weighted by Crippen LogP contribution is -2.49. The van der Waals surface area contributed by atoms with Crippen LogP contribution in [0.4, 0.5) is 0 Å². The van der Waals surface area contributed by atoms with Gasteiger partial charge in [0.25, 0.3) is 0 Å². The van der Waals surface area contributed by atoms with Crippen LogP contribution in [0.3, 0.4) is 0 Å². The second kappa shape index (κ2) is 6.16. The van der Waals surface area contributed by atoms with Crippen molar-refractivity contribution in [2.75, 3.05) is 39.3 Å². The molecular formula is C15H20N2O2S. The second-order valence-electron chi connectivity index (χ2n) is 5.52. The monoisotopic (exact) mass is 292 g/mol. The van der Waals surface area contributed by atoms with Gasteiger partial charge >= 0.3 is 5.97 Å². The molecule has 0 aromatic heterocycles. The summed E-state index contributed by atoms with van der Waals surface area (Å²) >= 11 is 1.99. The van der Waals surface area contributed by atoms with Gasteiger partial charge in [-0.05, 0) is 18.1 Å². The zero-order valence-electron chi connectivity index (χ0n) is 11.5. The van der Waals surface area contributed by atoms with Crippen molar-refractivity contribution in [3.8, 4) is 0 Å². The van der Waals surface area contributed by atoms with Gasteiger partial charge in [-0.1, -0.05) is 18.2 Å². The van der Waals surface area contributed by atoms with Crippen molar-refractivity contribution >= 4 is 17.7 Å². The molecule has 1 fully saturated rings. The first-order chi connectivity index (χ1) is 9.70. The van der Waals surface area contributed by atoms with Crippen LogP contribution in [0.1, 0.15) is 5.56 Å². The highest BCUT2D eigenvalue weighted by Gasteiger charge is 2.26. The molecular weight excluding hydrogens is 272 g/mol. The number of piperazine rings is 1. The van der Waals surface area contributed by atoms with E-state index in [1.165, 1.54) is 10.5 Å². The molecule has 1 unspecified atom stereocenters. The topological polar surface area (TPSA) is 43.8 Å². The van der Waals surface area contributed by atoms with Crippen molar-refractivity contribution in [2.24, 2.45) is 0 Å². The van der Waals surface area contributed by atoms with E-state index in [-0.39, 0.29) is 6.54 Å². The van der Waals surface area contributed by atoms with E-state index < -0.39 is 5.97 Å². The number of aliphatic carboxylic acids is 1. The molecule has 20 heavy (non-hydrogen) atoms. The number of hydrogen-bond acceptors (Lipinski definition) is 4. The molecule has 5 heteroatoms. The Morgan fingerprint density at radius 1 is 1.20 bits per heavy atom. The minimum Gasteiger partial charge on any atom is -0.480 e. The first kappa shape index (κ1) is 13.9. The van der Waals surface area contributed by atoms with Crippen molar-refractivity contribution in [1.29, 1.82) is 0 Å². The van der Waals surface area contributed by atoms with Crippen molar-refractivity contribution in [2.45, 2.75) is 16.6 Å². The Hall–Kier alpha value is -1.04. The molecule has 0 spiro atoms. The molecule has 4 nitrogen and oxygen atoms in total. The fourth-order valence-corrected chi connectivity index (χ4v) is 4.33. The smallest absolute Gasteiger partial charge is 0.317 e. The van der Waals surface area contributed by atoms with E-state index in [9.17, 15) is 4.79 Å². The Bertz CT molecular complexity index is 462. The van der Waals surface area contributed by atoms with Crippen LogP contribution in [-0.2, 0) is 11.2 Å². The third-order valence-corrected chi connectivity index (χ3v) is 5.30. The maximum atomic E-state index is 10.7. The maximum Gasteiger partial charge on any atom is 0.317 e. The predicted molar refractivity (Wildman–Crippen MR) is 80.3 cm³/mol. The van der Waals surface area contributed by atoms with E-state index >= 15 is 0 Å². The molecule has 0 amide bonds. The molecule has 108 valence electrons. The number of hydrogen-bond donors (Lipinski definition) is 1. The summed E-state index contributed by atoms with van der Waals surface area (Å²) in [7, 11) is 0. The van der Waals surface area contributed by atoms with Crippen LogP contribution < -0.4 is 0 Å². The van der Waals surface area contributed by atoms with Crippen molar-refractivity contribution in [3.63, 3.8) is 0 Å². The number of fused-ring (bicyclic) bond motifs is 1. The highest BCUT2D eigenvalue weighted by atomic mass is 32.2. The highest BCUT2D eigenvalue weighted by molar-refractivity contribution is 8.00. The highest BCUT2D eigenvalue weighted by Crippen LogP contribution is 2.37. The Morgan fingerprint density at radius 2 is 1.90 bits per heavy atom. The van der Waals surface area contributed by atoms with Crippen LogP contribution in [0.2, 0.25) is 0 Å². The molecule has 1 saturated heterocycles. The summed E-state index contributed by atoms with van der Waals surface area (Å²) in [5.41, 5.74) is 1.48. The number of rotatable bonds is 4. The lowest BCUT2D eigenvalue weighted by atomic mass is 10.1. The summed E-state index contributed by atoms with van der Waals surface area (Å²) in [6, 6.07) is 8.67.